The van der Waals surface area contributed by atoms with E-state index in [1.807, 2.05) is 11.3 Å². The summed E-state index contributed by atoms with van der Waals surface area (Å²) in [6, 6.07) is 11.4. The van der Waals surface area contributed by atoms with Crippen molar-refractivity contribution in [3.8, 4) is 0 Å². The van der Waals surface area contributed by atoms with Crippen molar-refractivity contribution in [2.75, 3.05) is 38.5 Å². The quantitative estimate of drug-likeness (QED) is 0.565. The Balaban J connectivity index is 1.69. The molecule has 3 rings (SSSR count). The lowest BCUT2D eigenvalue weighted by Gasteiger charge is -2.36. The van der Waals surface area contributed by atoms with Gasteiger partial charge in [-0.3, -0.25) is 0 Å². The molecule has 2 atom stereocenters. The topological polar surface area (TPSA) is 32.9 Å². The Labute approximate surface area is 172 Å². The number of thiocarbonyl (C=S) groups is 1. The van der Waals surface area contributed by atoms with Gasteiger partial charge in [0.05, 0.1) is 18.0 Å². The summed E-state index contributed by atoms with van der Waals surface area (Å²) in [5, 5.41) is 9.86. The van der Waals surface area contributed by atoms with Gasteiger partial charge in [-0.15, -0.1) is 11.3 Å². The molecule has 0 aliphatic carbocycles. The van der Waals surface area contributed by atoms with Gasteiger partial charge < -0.3 is 20.4 Å². The Kier molecular flexibility index (Phi) is 6.87. The van der Waals surface area contributed by atoms with Gasteiger partial charge in [0.15, 0.2) is 5.11 Å². The Morgan fingerprint density at radius 1 is 1.11 bits per heavy atom. The molecule has 1 aliphatic rings. The minimum atomic E-state index is 0.266. The van der Waals surface area contributed by atoms with Crippen molar-refractivity contribution in [1.29, 1.82) is 0 Å². The molecule has 146 valence electrons. The highest BCUT2D eigenvalue weighted by Crippen LogP contribution is 2.21. The fourth-order valence-electron chi connectivity index (χ4n) is 3.91. The van der Waals surface area contributed by atoms with Crippen LogP contribution in [-0.4, -0.2) is 44.4 Å². The van der Waals surface area contributed by atoms with Gasteiger partial charge in [0, 0.05) is 5.69 Å². The summed E-state index contributed by atoms with van der Waals surface area (Å²) in [6.07, 6.45) is 0. The zero-order valence-electron chi connectivity index (χ0n) is 16.8. The Bertz CT molecular complexity index is 752. The first-order chi connectivity index (χ1) is 13.0. The fourth-order valence-corrected chi connectivity index (χ4v) is 5.20. The second-order valence-electron chi connectivity index (χ2n) is 7.74. The number of nitrogens with one attached hydrogen (secondary N) is 4. The molecule has 0 radical (unpaired) electrons. The van der Waals surface area contributed by atoms with Crippen LogP contribution in [0.3, 0.4) is 0 Å². The number of anilines is 1. The lowest BCUT2D eigenvalue weighted by molar-refractivity contribution is -1.02. The van der Waals surface area contributed by atoms with E-state index in [2.05, 4.69) is 74.2 Å². The summed E-state index contributed by atoms with van der Waals surface area (Å²) in [7, 11) is 2.29. The average Bonchev–Trinajstić information content (AvgIpc) is 3.15. The number of piperazine rings is 1. The zero-order chi connectivity index (χ0) is 19.4. The number of aryl methyl sites for hydroxylation is 1. The number of hydrogen-bond acceptors (Lipinski definition) is 2. The maximum absolute atomic E-state index is 5.65. The van der Waals surface area contributed by atoms with Crippen molar-refractivity contribution >= 4 is 34.4 Å². The predicted molar refractivity (Wildman–Crippen MR) is 119 cm³/mol. The third-order valence-electron chi connectivity index (χ3n) is 5.75. The number of rotatable bonds is 5. The molecule has 0 unspecified atom stereocenters. The van der Waals surface area contributed by atoms with Crippen molar-refractivity contribution in [2.45, 2.75) is 32.9 Å². The van der Waals surface area contributed by atoms with Crippen LogP contribution in [0.25, 0.3) is 0 Å². The highest BCUT2D eigenvalue weighted by molar-refractivity contribution is 7.80. The largest absolute Gasteiger partial charge is 0.354 e. The maximum Gasteiger partial charge on any atom is 0.171 e. The van der Waals surface area contributed by atoms with Gasteiger partial charge in [0.25, 0.3) is 0 Å². The van der Waals surface area contributed by atoms with Crippen LogP contribution in [0.1, 0.15) is 29.0 Å². The van der Waals surface area contributed by atoms with Gasteiger partial charge in [0.1, 0.15) is 32.2 Å². The van der Waals surface area contributed by atoms with Crippen molar-refractivity contribution < 1.29 is 9.80 Å². The minimum Gasteiger partial charge on any atom is -0.354 e. The van der Waals surface area contributed by atoms with Gasteiger partial charge in [-0.25, -0.2) is 0 Å². The van der Waals surface area contributed by atoms with E-state index in [0.717, 1.165) is 5.69 Å². The molecule has 2 heterocycles. The summed E-state index contributed by atoms with van der Waals surface area (Å²) >= 11 is 7.51. The molecule has 1 fully saturated rings. The predicted octanol–water partition coefficient (Wildman–Crippen LogP) is 1.19. The van der Waals surface area contributed by atoms with Crippen molar-refractivity contribution in [3.05, 3.63) is 51.7 Å². The summed E-state index contributed by atoms with van der Waals surface area (Å²) < 4.78 is 0. The normalized spacial score (nSPS) is 22.1. The second-order valence-corrected chi connectivity index (χ2v) is 9.13. The van der Waals surface area contributed by atoms with Gasteiger partial charge in [-0.05, 0) is 61.6 Å². The number of likely N-dealkylation sites (N-methyl/N-ethyl adjacent to an activating group) is 1. The third kappa shape index (κ3) is 5.08. The highest BCUT2D eigenvalue weighted by Gasteiger charge is 2.34. The Morgan fingerprint density at radius 3 is 2.52 bits per heavy atom. The molecule has 6 heteroatoms. The molecule has 2 aromatic rings. The molecule has 1 aliphatic heterocycles. The number of benzene rings is 1. The van der Waals surface area contributed by atoms with E-state index in [4.69, 9.17) is 12.2 Å². The Morgan fingerprint density at radius 2 is 1.85 bits per heavy atom. The van der Waals surface area contributed by atoms with E-state index in [-0.39, 0.29) is 6.04 Å². The molecule has 0 saturated carbocycles. The van der Waals surface area contributed by atoms with Gasteiger partial charge in [-0.2, -0.15) is 0 Å². The lowest BCUT2D eigenvalue weighted by atomic mass is 10.1. The van der Waals surface area contributed by atoms with Crippen LogP contribution in [0.2, 0.25) is 0 Å². The molecule has 4 N–H and O–H groups in total. The van der Waals surface area contributed by atoms with E-state index >= 15 is 0 Å². The maximum atomic E-state index is 5.65. The molecule has 1 aromatic carbocycles. The van der Waals surface area contributed by atoms with E-state index in [9.17, 15) is 0 Å². The third-order valence-corrected chi connectivity index (χ3v) is 6.92. The lowest BCUT2D eigenvalue weighted by Crippen LogP contribution is -3.27. The summed E-state index contributed by atoms with van der Waals surface area (Å²) in [4.78, 5) is 4.74. The molecule has 1 aromatic heterocycles. The molecular weight excluding hydrogens is 372 g/mol. The summed E-state index contributed by atoms with van der Waals surface area (Å²) in [6.45, 7) is 11.4. The molecule has 4 nitrogen and oxygen atoms in total. The molecule has 0 spiro atoms. The molecule has 0 amide bonds. The number of hydrogen-bond donors (Lipinski definition) is 4. The fraction of sp³-hybridized carbons (Fsp3) is 0.476. The van der Waals surface area contributed by atoms with Gasteiger partial charge in [-0.1, -0.05) is 18.2 Å². The van der Waals surface area contributed by atoms with E-state index in [1.165, 1.54) is 42.2 Å². The smallest absolute Gasteiger partial charge is 0.171 e. The van der Waals surface area contributed by atoms with Crippen LogP contribution in [-0.2, 0) is 0 Å². The van der Waals surface area contributed by atoms with Crippen LogP contribution >= 0.6 is 23.6 Å². The monoisotopic (exact) mass is 404 g/mol. The summed E-state index contributed by atoms with van der Waals surface area (Å²) in [5.74, 6) is 0. The van der Waals surface area contributed by atoms with Gasteiger partial charge in [0.2, 0.25) is 0 Å². The van der Waals surface area contributed by atoms with Crippen molar-refractivity contribution in [3.63, 3.8) is 0 Å². The van der Waals surface area contributed by atoms with Crippen LogP contribution < -0.4 is 20.4 Å². The zero-order valence-corrected chi connectivity index (χ0v) is 18.4. The van der Waals surface area contributed by atoms with Crippen molar-refractivity contribution in [1.82, 2.24) is 5.32 Å². The van der Waals surface area contributed by atoms with Crippen molar-refractivity contribution in [2.24, 2.45) is 0 Å². The first-order valence-electron chi connectivity index (χ1n) is 9.78. The van der Waals surface area contributed by atoms with Crippen LogP contribution in [0.4, 0.5) is 5.69 Å². The highest BCUT2D eigenvalue weighted by atomic mass is 32.1. The SMILES string of the molecule is Cc1cccc(NC(=S)N[C@@H](C)[C@H](c2cccs2)[NH+]2CC[NH+](C)CC2)c1C. The van der Waals surface area contributed by atoms with E-state index < -0.39 is 0 Å². The molecule has 1 saturated heterocycles. The Hall–Kier alpha value is -1.47. The summed E-state index contributed by atoms with van der Waals surface area (Å²) in [5.41, 5.74) is 3.61. The molecule has 27 heavy (non-hydrogen) atoms. The molecular formula is C21H32N4S2+2. The first-order valence-corrected chi connectivity index (χ1v) is 11.1. The number of thiophene rings is 1. The number of quaternary nitrogens is 2. The van der Waals surface area contributed by atoms with E-state index in [0.29, 0.717) is 11.2 Å². The second kappa shape index (κ2) is 9.15. The first kappa shape index (κ1) is 20.3. The molecule has 0 bridgehead atoms. The van der Waals surface area contributed by atoms with Crippen LogP contribution in [0.15, 0.2) is 35.7 Å². The standard InChI is InChI=1S/C21H30N4S2/c1-15-7-5-8-18(16(15)2)23-21(26)22-17(3)20(19-9-6-14-27-19)25-12-10-24(4)11-13-25/h5-9,14,17,20H,10-13H2,1-4H3,(H2,22,23,26)/p+2/t17-,20+/m0/s1. The average molecular weight is 405 g/mol. The van der Waals surface area contributed by atoms with E-state index in [1.54, 1.807) is 9.80 Å². The van der Waals surface area contributed by atoms with Crippen LogP contribution in [0.5, 0.6) is 0 Å². The van der Waals surface area contributed by atoms with Crippen LogP contribution in [0, 0.1) is 13.8 Å². The minimum absolute atomic E-state index is 0.266. The van der Waals surface area contributed by atoms with Gasteiger partial charge >= 0.3 is 0 Å².